The predicted molar refractivity (Wildman–Crippen MR) is 112 cm³/mol. The smallest absolute Gasteiger partial charge is 0.454 e. The van der Waals surface area contributed by atoms with Gasteiger partial charge in [0.15, 0.2) is 5.75 Å². The van der Waals surface area contributed by atoms with Crippen LogP contribution in [-0.4, -0.2) is 26.3 Å². The summed E-state index contributed by atoms with van der Waals surface area (Å²) >= 11 is 12.2. The van der Waals surface area contributed by atoms with Crippen molar-refractivity contribution in [3.63, 3.8) is 0 Å². The third kappa shape index (κ3) is 4.07. The summed E-state index contributed by atoms with van der Waals surface area (Å²) in [6.45, 7) is 0. The molecule has 0 fully saturated rings. The minimum atomic E-state index is -1.49. The second-order valence-corrected chi connectivity index (χ2v) is 6.88. The minimum absolute atomic E-state index is 0.145. The van der Waals surface area contributed by atoms with Crippen molar-refractivity contribution in [1.29, 1.82) is 0 Å². The maximum absolute atomic E-state index is 11.1. The first-order valence-corrected chi connectivity index (χ1v) is 9.43. The Morgan fingerprint density at radius 1 is 0.933 bits per heavy atom. The Kier molecular flexibility index (Phi) is 5.56. The molecule has 0 unspecified atom stereocenters. The number of ether oxygens (including phenoxy) is 2. The third-order valence-electron chi connectivity index (χ3n) is 4.08. The number of halogens is 2. The van der Waals surface area contributed by atoms with E-state index < -0.39 is 6.16 Å². The lowest BCUT2D eigenvalue weighted by molar-refractivity contribution is 0.142. The fourth-order valence-corrected chi connectivity index (χ4v) is 3.27. The van der Waals surface area contributed by atoms with E-state index >= 15 is 0 Å². The van der Waals surface area contributed by atoms with Gasteiger partial charge in [0.25, 0.3) is 5.88 Å². The highest BCUT2D eigenvalue weighted by Gasteiger charge is 2.22. The fraction of sp³-hybridized carbons (Fsp3) is 0. The number of nitrogens with zero attached hydrogens (tertiary/aromatic N) is 3. The largest absolute Gasteiger partial charge is 0.512 e. The first kappa shape index (κ1) is 19.8. The predicted octanol–water partition coefficient (Wildman–Crippen LogP) is 6.09. The molecular formula is C21H13Cl2N3O4. The normalized spacial score (nSPS) is 10.6. The van der Waals surface area contributed by atoms with Crippen molar-refractivity contribution in [3.05, 3.63) is 82.8 Å². The highest BCUT2D eigenvalue weighted by molar-refractivity contribution is 6.35. The Morgan fingerprint density at radius 2 is 1.67 bits per heavy atom. The van der Waals surface area contributed by atoms with Crippen LogP contribution in [0, 0.1) is 0 Å². The lowest BCUT2D eigenvalue weighted by Gasteiger charge is -2.14. The molecule has 0 amide bonds. The van der Waals surface area contributed by atoms with E-state index in [1.54, 1.807) is 54.6 Å². The molecule has 1 heterocycles. The molecule has 0 atom stereocenters. The van der Waals surface area contributed by atoms with Crippen LogP contribution in [0.2, 0.25) is 10.0 Å². The van der Waals surface area contributed by atoms with Crippen LogP contribution in [0.4, 0.5) is 4.79 Å². The zero-order valence-corrected chi connectivity index (χ0v) is 16.7. The molecule has 0 spiro atoms. The van der Waals surface area contributed by atoms with E-state index in [-0.39, 0.29) is 5.88 Å². The van der Waals surface area contributed by atoms with Gasteiger partial charge in [-0.05, 0) is 30.3 Å². The maximum Gasteiger partial charge on any atom is 0.512 e. The summed E-state index contributed by atoms with van der Waals surface area (Å²) in [4.78, 5) is 11.1. The Balaban J connectivity index is 1.84. The van der Waals surface area contributed by atoms with Crippen LogP contribution in [0.15, 0.2) is 72.8 Å². The fourth-order valence-electron chi connectivity index (χ4n) is 2.82. The topological polar surface area (TPSA) is 86.5 Å². The first-order chi connectivity index (χ1) is 14.5. The summed E-state index contributed by atoms with van der Waals surface area (Å²) in [7, 11) is 0. The highest BCUT2D eigenvalue weighted by Crippen LogP contribution is 2.37. The van der Waals surface area contributed by atoms with Crippen LogP contribution in [-0.2, 0) is 0 Å². The summed E-state index contributed by atoms with van der Waals surface area (Å²) < 4.78 is 12.3. The number of benzene rings is 3. The number of rotatable bonds is 5. The number of hydrogen-bond acceptors (Lipinski definition) is 5. The molecule has 4 rings (SSSR count). The second kappa shape index (κ2) is 8.44. The lowest BCUT2D eigenvalue weighted by atomic mass is 10.1. The van der Waals surface area contributed by atoms with Gasteiger partial charge < -0.3 is 14.6 Å². The molecule has 0 aliphatic rings. The van der Waals surface area contributed by atoms with Crippen molar-refractivity contribution >= 4 is 29.4 Å². The molecule has 0 bridgehead atoms. The van der Waals surface area contributed by atoms with Gasteiger partial charge in [-0.2, -0.15) is 0 Å². The van der Waals surface area contributed by atoms with E-state index in [0.717, 1.165) is 0 Å². The summed E-state index contributed by atoms with van der Waals surface area (Å²) in [5.41, 5.74) is 1.53. The second-order valence-electron chi connectivity index (χ2n) is 6.03. The van der Waals surface area contributed by atoms with Gasteiger partial charge >= 0.3 is 6.16 Å². The first-order valence-electron chi connectivity index (χ1n) is 8.67. The van der Waals surface area contributed by atoms with E-state index in [9.17, 15) is 4.79 Å². The van der Waals surface area contributed by atoms with Crippen LogP contribution in [0.1, 0.15) is 0 Å². The van der Waals surface area contributed by atoms with Crippen LogP contribution in [0.3, 0.4) is 0 Å². The van der Waals surface area contributed by atoms with Gasteiger partial charge in [0.2, 0.25) is 0 Å². The van der Waals surface area contributed by atoms with E-state index in [0.29, 0.717) is 38.5 Å². The van der Waals surface area contributed by atoms with Gasteiger partial charge in [-0.3, -0.25) is 0 Å². The van der Waals surface area contributed by atoms with Crippen molar-refractivity contribution in [2.24, 2.45) is 0 Å². The summed E-state index contributed by atoms with van der Waals surface area (Å²) in [6, 6.07) is 21.0. The van der Waals surface area contributed by atoms with Gasteiger partial charge in [0.1, 0.15) is 17.1 Å². The number of aromatic nitrogens is 3. The Bertz CT molecular complexity index is 1210. The van der Waals surface area contributed by atoms with Crippen LogP contribution < -0.4 is 9.47 Å². The monoisotopic (exact) mass is 441 g/mol. The SMILES string of the molecule is O=C(O)Oc1nnn(-c2ccccc2Oc2ccc(Cl)cc2Cl)c1-c1ccccc1. The molecule has 0 aliphatic heterocycles. The van der Waals surface area contributed by atoms with Crippen molar-refractivity contribution in [3.8, 4) is 34.3 Å². The highest BCUT2D eigenvalue weighted by atomic mass is 35.5. The van der Waals surface area contributed by atoms with Gasteiger partial charge in [-0.1, -0.05) is 76.0 Å². The Labute approximate surface area is 181 Å². The zero-order valence-electron chi connectivity index (χ0n) is 15.2. The minimum Gasteiger partial charge on any atom is -0.454 e. The van der Waals surface area contributed by atoms with E-state index in [4.69, 9.17) is 37.8 Å². The van der Waals surface area contributed by atoms with E-state index in [2.05, 4.69) is 10.3 Å². The average Bonchev–Trinajstić information content (AvgIpc) is 3.13. The molecule has 0 radical (unpaired) electrons. The van der Waals surface area contributed by atoms with Crippen molar-refractivity contribution in [2.75, 3.05) is 0 Å². The molecular weight excluding hydrogens is 429 g/mol. The van der Waals surface area contributed by atoms with Crippen molar-refractivity contribution < 1.29 is 19.4 Å². The zero-order chi connectivity index (χ0) is 21.1. The lowest BCUT2D eigenvalue weighted by Crippen LogP contribution is -2.05. The molecule has 0 aliphatic carbocycles. The molecule has 4 aromatic rings. The standard InChI is InChI=1S/C21H13Cl2N3O4/c22-14-10-11-17(15(23)12-14)29-18-9-5-4-8-16(18)26-19(13-6-2-1-3-7-13)20(24-25-26)30-21(27)28/h1-12H,(H,27,28). The maximum atomic E-state index is 11.1. The van der Waals surface area contributed by atoms with Crippen molar-refractivity contribution in [2.45, 2.75) is 0 Å². The molecule has 150 valence electrons. The molecule has 30 heavy (non-hydrogen) atoms. The molecule has 9 heteroatoms. The molecule has 1 N–H and O–H groups in total. The van der Waals surface area contributed by atoms with Crippen molar-refractivity contribution in [1.82, 2.24) is 15.0 Å². The Morgan fingerprint density at radius 3 is 2.40 bits per heavy atom. The van der Waals surface area contributed by atoms with E-state index in [1.807, 2.05) is 18.2 Å². The molecule has 7 nitrogen and oxygen atoms in total. The number of hydrogen-bond donors (Lipinski definition) is 1. The van der Waals surface area contributed by atoms with Crippen LogP contribution in [0.5, 0.6) is 17.4 Å². The molecule has 0 saturated carbocycles. The Hall–Kier alpha value is -3.55. The quantitative estimate of drug-likeness (QED) is 0.377. The van der Waals surface area contributed by atoms with E-state index in [1.165, 1.54) is 4.68 Å². The number of carboxylic acid groups (broad SMARTS) is 1. The van der Waals surface area contributed by atoms with Crippen LogP contribution in [0.25, 0.3) is 16.9 Å². The summed E-state index contributed by atoms with van der Waals surface area (Å²) in [5, 5.41) is 17.9. The number of para-hydroxylation sites is 2. The van der Waals surface area contributed by atoms with Gasteiger partial charge in [0, 0.05) is 10.6 Å². The van der Waals surface area contributed by atoms with Crippen LogP contribution >= 0.6 is 23.2 Å². The molecule has 3 aromatic carbocycles. The van der Waals surface area contributed by atoms with Gasteiger partial charge in [-0.25, -0.2) is 9.48 Å². The molecule has 0 saturated heterocycles. The van der Waals surface area contributed by atoms with Gasteiger partial charge in [0.05, 0.1) is 5.02 Å². The summed E-state index contributed by atoms with van der Waals surface area (Å²) in [6.07, 6.45) is -1.49. The average molecular weight is 442 g/mol. The third-order valence-corrected chi connectivity index (χ3v) is 4.61. The molecule has 1 aromatic heterocycles. The summed E-state index contributed by atoms with van der Waals surface area (Å²) in [5.74, 6) is 0.676. The van der Waals surface area contributed by atoms with Gasteiger partial charge in [-0.15, -0.1) is 0 Å². The number of carbonyl (C=O) groups is 1.